The van der Waals surface area contributed by atoms with E-state index in [9.17, 15) is 9.90 Å². The summed E-state index contributed by atoms with van der Waals surface area (Å²) in [5.41, 5.74) is 4.00. The highest BCUT2D eigenvalue weighted by Gasteiger charge is 2.22. The van der Waals surface area contributed by atoms with Crippen LogP contribution in [0.15, 0.2) is 18.2 Å². The zero-order chi connectivity index (χ0) is 15.0. The number of benzene rings is 1. The van der Waals surface area contributed by atoms with E-state index in [1.54, 1.807) is 0 Å². The van der Waals surface area contributed by atoms with Crippen molar-refractivity contribution < 1.29 is 9.90 Å². The zero-order valence-electron chi connectivity index (χ0n) is 12.6. The van der Waals surface area contributed by atoms with Crippen LogP contribution >= 0.6 is 0 Å². The highest BCUT2D eigenvalue weighted by atomic mass is 16.3. The van der Waals surface area contributed by atoms with Crippen molar-refractivity contribution in [3.05, 3.63) is 35.0 Å². The second-order valence-corrected chi connectivity index (χ2v) is 6.20. The Bertz CT molecular complexity index is 667. The molecule has 0 radical (unpaired) electrons. The lowest BCUT2D eigenvalue weighted by Gasteiger charge is -2.25. The molecule has 0 aliphatic heterocycles. The summed E-state index contributed by atoms with van der Waals surface area (Å²) in [5.74, 6) is -0.0513. The summed E-state index contributed by atoms with van der Waals surface area (Å²) in [4.78, 5) is 15.6. The molecule has 3 rings (SSSR count). The van der Waals surface area contributed by atoms with Gasteiger partial charge < -0.3 is 15.4 Å². The van der Waals surface area contributed by atoms with E-state index >= 15 is 0 Å². The molecule has 0 saturated heterocycles. The molecular weight excluding hydrogens is 264 g/mol. The first kappa shape index (κ1) is 14.1. The summed E-state index contributed by atoms with van der Waals surface area (Å²) in [7, 11) is 0. The van der Waals surface area contributed by atoms with Crippen LogP contribution in [0.4, 0.5) is 0 Å². The fourth-order valence-electron chi connectivity index (χ4n) is 3.20. The van der Waals surface area contributed by atoms with Crippen LogP contribution < -0.4 is 5.32 Å². The first-order valence-corrected chi connectivity index (χ1v) is 7.62. The van der Waals surface area contributed by atoms with Crippen LogP contribution in [0.3, 0.4) is 0 Å². The molecule has 0 bridgehead atoms. The molecule has 3 N–H and O–H groups in total. The van der Waals surface area contributed by atoms with Gasteiger partial charge >= 0.3 is 0 Å². The fraction of sp³-hybridized carbons (Fsp3) is 0.471. The third kappa shape index (κ3) is 2.95. The van der Waals surface area contributed by atoms with Crippen LogP contribution in [0.1, 0.15) is 47.3 Å². The molecule has 112 valence electrons. The van der Waals surface area contributed by atoms with Gasteiger partial charge in [0.05, 0.1) is 6.10 Å². The normalized spacial score (nSPS) is 22.4. The molecule has 1 saturated carbocycles. The number of carbonyl (C=O) groups is 1. The molecule has 1 amide bonds. The molecule has 4 heteroatoms. The first-order chi connectivity index (χ1) is 10.0. The van der Waals surface area contributed by atoms with Crippen molar-refractivity contribution in [1.29, 1.82) is 0 Å². The number of carbonyl (C=O) groups excluding carboxylic acids is 1. The van der Waals surface area contributed by atoms with Crippen LogP contribution in [0, 0.1) is 13.8 Å². The Morgan fingerprint density at radius 3 is 2.62 bits per heavy atom. The number of nitrogens with one attached hydrogen (secondary N) is 2. The van der Waals surface area contributed by atoms with Crippen molar-refractivity contribution in [3.8, 4) is 0 Å². The number of hydrogen-bond donors (Lipinski definition) is 3. The van der Waals surface area contributed by atoms with Crippen molar-refractivity contribution >= 4 is 16.8 Å². The molecule has 0 unspecified atom stereocenters. The summed E-state index contributed by atoms with van der Waals surface area (Å²) in [6, 6.07) is 6.29. The number of amides is 1. The minimum atomic E-state index is -0.197. The molecule has 0 atom stereocenters. The topological polar surface area (TPSA) is 65.1 Å². The molecule has 0 spiro atoms. The number of H-pyrrole nitrogens is 1. The summed E-state index contributed by atoms with van der Waals surface area (Å²) in [5, 5.41) is 13.7. The number of aliphatic hydroxyl groups is 1. The maximum atomic E-state index is 12.4. The average Bonchev–Trinajstić information content (AvgIpc) is 2.85. The lowest BCUT2D eigenvalue weighted by atomic mass is 9.93. The van der Waals surface area contributed by atoms with Gasteiger partial charge in [0.15, 0.2) is 0 Å². The van der Waals surface area contributed by atoms with Crippen LogP contribution in [-0.4, -0.2) is 28.1 Å². The number of hydrogen-bond acceptors (Lipinski definition) is 2. The minimum Gasteiger partial charge on any atom is -0.393 e. The predicted octanol–water partition coefficient (Wildman–Crippen LogP) is 2.82. The lowest BCUT2D eigenvalue weighted by Crippen LogP contribution is -2.38. The Balaban J connectivity index is 1.77. The number of aromatic amines is 1. The fourth-order valence-corrected chi connectivity index (χ4v) is 3.20. The van der Waals surface area contributed by atoms with Gasteiger partial charge in [0.2, 0.25) is 0 Å². The average molecular weight is 286 g/mol. The summed E-state index contributed by atoms with van der Waals surface area (Å²) in [6.07, 6.45) is 3.06. The molecule has 4 nitrogen and oxygen atoms in total. The summed E-state index contributed by atoms with van der Waals surface area (Å²) >= 11 is 0. The standard InChI is InChI=1S/C17H22N2O2/c1-10-7-11(2)14-9-16(19-15(14)8-10)17(21)18-12-3-5-13(20)6-4-12/h7-9,12-13,19-20H,3-6H2,1-2H3,(H,18,21). The number of aliphatic hydroxyl groups excluding tert-OH is 1. The van der Waals surface area contributed by atoms with Gasteiger partial charge in [0.25, 0.3) is 5.91 Å². The van der Waals surface area contributed by atoms with Gasteiger partial charge in [0.1, 0.15) is 5.69 Å². The van der Waals surface area contributed by atoms with E-state index in [2.05, 4.69) is 36.3 Å². The van der Waals surface area contributed by atoms with Crippen LogP contribution in [0.25, 0.3) is 10.9 Å². The van der Waals surface area contributed by atoms with Gasteiger partial charge in [-0.05, 0) is 62.8 Å². The van der Waals surface area contributed by atoms with E-state index in [0.717, 1.165) is 36.6 Å². The zero-order valence-corrected chi connectivity index (χ0v) is 12.6. The Morgan fingerprint density at radius 2 is 1.90 bits per heavy atom. The van der Waals surface area contributed by atoms with E-state index in [1.807, 2.05) is 6.07 Å². The maximum Gasteiger partial charge on any atom is 0.267 e. The number of fused-ring (bicyclic) bond motifs is 1. The lowest BCUT2D eigenvalue weighted by molar-refractivity contribution is 0.0864. The van der Waals surface area contributed by atoms with Crippen LogP contribution in [-0.2, 0) is 0 Å². The van der Waals surface area contributed by atoms with Gasteiger partial charge in [-0.15, -0.1) is 0 Å². The largest absolute Gasteiger partial charge is 0.393 e. The monoisotopic (exact) mass is 286 g/mol. The molecular formula is C17H22N2O2. The van der Waals surface area contributed by atoms with E-state index in [4.69, 9.17) is 0 Å². The van der Waals surface area contributed by atoms with Crippen LogP contribution in [0.2, 0.25) is 0 Å². The number of aryl methyl sites for hydroxylation is 2. The second-order valence-electron chi connectivity index (χ2n) is 6.20. The highest BCUT2D eigenvalue weighted by Crippen LogP contribution is 2.22. The van der Waals surface area contributed by atoms with Crippen molar-refractivity contribution in [1.82, 2.24) is 10.3 Å². The molecule has 21 heavy (non-hydrogen) atoms. The van der Waals surface area contributed by atoms with Gasteiger partial charge in [-0.1, -0.05) is 6.07 Å². The summed E-state index contributed by atoms with van der Waals surface area (Å²) in [6.45, 7) is 4.12. The minimum absolute atomic E-state index is 0.0513. The third-order valence-corrected chi connectivity index (χ3v) is 4.37. The molecule has 1 aliphatic carbocycles. The van der Waals surface area contributed by atoms with Gasteiger partial charge in [0, 0.05) is 16.9 Å². The molecule has 1 fully saturated rings. The van der Waals surface area contributed by atoms with Crippen molar-refractivity contribution in [2.75, 3.05) is 0 Å². The molecule has 1 aliphatic rings. The first-order valence-electron chi connectivity index (χ1n) is 7.62. The van der Waals surface area contributed by atoms with Gasteiger partial charge in [-0.25, -0.2) is 0 Å². The highest BCUT2D eigenvalue weighted by molar-refractivity contribution is 5.99. The summed E-state index contributed by atoms with van der Waals surface area (Å²) < 4.78 is 0. The smallest absolute Gasteiger partial charge is 0.267 e. The second kappa shape index (κ2) is 5.53. The van der Waals surface area contributed by atoms with Crippen molar-refractivity contribution in [3.63, 3.8) is 0 Å². The van der Waals surface area contributed by atoms with Gasteiger partial charge in [-0.3, -0.25) is 4.79 Å². The Hall–Kier alpha value is -1.81. The van der Waals surface area contributed by atoms with E-state index < -0.39 is 0 Å². The predicted molar refractivity (Wildman–Crippen MR) is 83.5 cm³/mol. The van der Waals surface area contributed by atoms with E-state index in [1.165, 1.54) is 11.1 Å². The Kier molecular flexibility index (Phi) is 3.72. The third-order valence-electron chi connectivity index (χ3n) is 4.37. The molecule has 1 aromatic heterocycles. The van der Waals surface area contributed by atoms with Crippen molar-refractivity contribution in [2.45, 2.75) is 51.7 Å². The Morgan fingerprint density at radius 1 is 1.19 bits per heavy atom. The Labute approximate surface area is 124 Å². The maximum absolute atomic E-state index is 12.4. The van der Waals surface area contributed by atoms with Gasteiger partial charge in [-0.2, -0.15) is 0 Å². The molecule has 1 heterocycles. The quantitative estimate of drug-likeness (QED) is 0.795. The SMILES string of the molecule is Cc1cc(C)c2cc(C(=O)NC3CCC(O)CC3)[nH]c2c1. The molecule has 1 aromatic carbocycles. The van der Waals surface area contributed by atoms with Crippen LogP contribution in [0.5, 0.6) is 0 Å². The van der Waals surface area contributed by atoms with E-state index in [0.29, 0.717) is 5.69 Å². The molecule has 2 aromatic rings. The number of aromatic nitrogens is 1. The van der Waals surface area contributed by atoms with E-state index in [-0.39, 0.29) is 18.1 Å². The van der Waals surface area contributed by atoms with Crippen molar-refractivity contribution in [2.24, 2.45) is 0 Å². The number of rotatable bonds is 2.